The van der Waals surface area contributed by atoms with Crippen molar-refractivity contribution in [1.29, 1.82) is 0 Å². The molecule has 8 heteroatoms. The summed E-state index contributed by atoms with van der Waals surface area (Å²) < 4.78 is 12.8. The summed E-state index contributed by atoms with van der Waals surface area (Å²) in [4.78, 5) is 43.8. The number of methoxy groups -OCH3 is 1. The van der Waals surface area contributed by atoms with Gasteiger partial charge in [-0.15, -0.1) is 0 Å². The largest absolute Gasteiger partial charge is 0.458 e. The molecule has 4 heterocycles. The zero-order valence-electron chi connectivity index (χ0n) is 21.2. The number of benzene rings is 1. The van der Waals surface area contributed by atoms with Crippen LogP contribution in [0.5, 0.6) is 0 Å². The zero-order chi connectivity index (χ0) is 25.5. The lowest BCUT2D eigenvalue weighted by Gasteiger charge is -2.35. The van der Waals surface area contributed by atoms with Crippen LogP contribution in [0.3, 0.4) is 0 Å². The van der Waals surface area contributed by atoms with Crippen LogP contribution >= 0.6 is 0 Å². The minimum Gasteiger partial charge on any atom is -0.458 e. The van der Waals surface area contributed by atoms with Crippen molar-refractivity contribution in [1.82, 2.24) is 14.9 Å². The molecule has 8 nitrogen and oxygen atoms in total. The molecule has 0 saturated heterocycles. The number of amides is 1. The Morgan fingerprint density at radius 1 is 1.25 bits per heavy atom. The number of cyclic esters (lactones) is 1. The first-order valence-corrected chi connectivity index (χ1v) is 12.4. The Hall–Kier alpha value is -3.52. The number of aromatic nitrogens is 2. The number of ether oxygens (including phenoxy) is 2. The lowest BCUT2D eigenvalue weighted by atomic mass is 9.80. The van der Waals surface area contributed by atoms with Gasteiger partial charge in [0.15, 0.2) is 5.60 Å². The summed E-state index contributed by atoms with van der Waals surface area (Å²) in [5.41, 5.74) is 7.43. The number of nitrogens with one attached hydrogen (secondary N) is 1. The molecule has 0 fully saturated rings. The van der Waals surface area contributed by atoms with Crippen molar-refractivity contribution in [2.75, 3.05) is 7.11 Å². The highest BCUT2D eigenvalue weighted by molar-refractivity contribution is 5.94. The van der Waals surface area contributed by atoms with Crippen molar-refractivity contribution in [3.8, 4) is 11.4 Å². The molecule has 3 aromatic rings. The second-order valence-electron chi connectivity index (χ2n) is 10.1. The monoisotopic (exact) mass is 487 g/mol. The molecule has 0 bridgehead atoms. The van der Waals surface area contributed by atoms with Crippen LogP contribution in [0.1, 0.15) is 71.7 Å². The Labute approximate surface area is 208 Å². The van der Waals surface area contributed by atoms with E-state index in [0.717, 1.165) is 40.6 Å². The summed E-state index contributed by atoms with van der Waals surface area (Å²) in [6.07, 6.45) is 1.99. The van der Waals surface area contributed by atoms with Crippen LogP contribution in [0.25, 0.3) is 22.3 Å². The molecule has 2 aromatic heterocycles. The molecule has 186 valence electrons. The second kappa shape index (κ2) is 7.74. The summed E-state index contributed by atoms with van der Waals surface area (Å²) in [5, 5.41) is 4.23. The third-order valence-electron chi connectivity index (χ3n) is 8.39. The van der Waals surface area contributed by atoms with Crippen LogP contribution < -0.4 is 10.9 Å². The number of rotatable bonds is 3. The topological polar surface area (TPSA) is 99.5 Å². The summed E-state index contributed by atoms with van der Waals surface area (Å²) in [7, 11) is 1.47. The number of fused-ring (bicyclic) bond motifs is 5. The molecule has 1 aliphatic carbocycles. The van der Waals surface area contributed by atoms with Crippen LogP contribution in [0.4, 0.5) is 0 Å². The van der Waals surface area contributed by atoms with E-state index in [2.05, 4.69) is 25.2 Å². The number of pyridine rings is 2. The van der Waals surface area contributed by atoms with E-state index < -0.39 is 11.6 Å². The summed E-state index contributed by atoms with van der Waals surface area (Å²) in [6, 6.07) is 3.82. The summed E-state index contributed by atoms with van der Waals surface area (Å²) in [5.74, 6) is -0.566. The van der Waals surface area contributed by atoms with Gasteiger partial charge >= 0.3 is 5.97 Å². The predicted octanol–water partition coefficient (Wildman–Crippen LogP) is 3.47. The van der Waals surface area contributed by atoms with Gasteiger partial charge in [0, 0.05) is 30.5 Å². The number of carbonyl (C=O) groups is 2. The molecule has 1 N–H and O–H groups in total. The van der Waals surface area contributed by atoms with Gasteiger partial charge in [-0.3, -0.25) is 9.59 Å². The minimum absolute atomic E-state index is 0.0753. The lowest BCUT2D eigenvalue weighted by molar-refractivity contribution is -0.176. The molecule has 1 aromatic carbocycles. The molecule has 0 spiro atoms. The highest BCUT2D eigenvalue weighted by Crippen LogP contribution is 2.46. The van der Waals surface area contributed by atoms with Crippen LogP contribution in [-0.2, 0) is 44.2 Å². The lowest BCUT2D eigenvalue weighted by Crippen LogP contribution is -2.45. The number of hydrogen-bond donors (Lipinski definition) is 1. The Bertz CT molecular complexity index is 1560. The van der Waals surface area contributed by atoms with E-state index >= 15 is 0 Å². The number of carbonyl (C=O) groups excluding carboxylic acids is 2. The predicted molar refractivity (Wildman–Crippen MR) is 134 cm³/mol. The number of esters is 1. The summed E-state index contributed by atoms with van der Waals surface area (Å²) >= 11 is 0. The maximum Gasteiger partial charge on any atom is 0.343 e. The Morgan fingerprint density at radius 3 is 2.72 bits per heavy atom. The van der Waals surface area contributed by atoms with E-state index in [1.54, 1.807) is 4.57 Å². The van der Waals surface area contributed by atoms with Crippen LogP contribution in [-0.4, -0.2) is 28.5 Å². The third kappa shape index (κ3) is 2.85. The Kier molecular flexibility index (Phi) is 4.92. The van der Waals surface area contributed by atoms with E-state index in [1.165, 1.54) is 30.7 Å². The van der Waals surface area contributed by atoms with Crippen LogP contribution in [0.2, 0.25) is 0 Å². The van der Waals surface area contributed by atoms with Gasteiger partial charge in [0.05, 0.1) is 35.1 Å². The minimum atomic E-state index is -1.32. The second-order valence-corrected chi connectivity index (χ2v) is 10.1. The quantitative estimate of drug-likeness (QED) is 0.444. The number of hydrogen-bond acceptors (Lipinski definition) is 6. The van der Waals surface area contributed by atoms with Crippen LogP contribution in [0.15, 0.2) is 16.9 Å². The Morgan fingerprint density at radius 2 is 2.03 bits per heavy atom. The van der Waals surface area contributed by atoms with E-state index in [1.807, 2.05) is 13.0 Å². The van der Waals surface area contributed by atoms with Gasteiger partial charge in [0.2, 0.25) is 5.91 Å². The fourth-order valence-electron chi connectivity index (χ4n) is 6.45. The van der Waals surface area contributed by atoms with Crippen molar-refractivity contribution in [3.63, 3.8) is 0 Å². The maximum atomic E-state index is 13.8. The van der Waals surface area contributed by atoms with Gasteiger partial charge in [-0.05, 0) is 67.5 Å². The smallest absolute Gasteiger partial charge is 0.343 e. The van der Waals surface area contributed by atoms with Gasteiger partial charge in [-0.1, -0.05) is 6.92 Å². The zero-order valence-corrected chi connectivity index (χ0v) is 21.2. The molecule has 6 rings (SSSR count). The normalized spacial score (nSPS) is 21.6. The molecule has 36 heavy (non-hydrogen) atoms. The molecule has 0 radical (unpaired) electrons. The molecule has 2 atom stereocenters. The highest BCUT2D eigenvalue weighted by Gasteiger charge is 2.47. The molecule has 0 saturated carbocycles. The number of nitrogens with zero attached hydrogens (tertiary/aromatic N) is 2. The molecule has 2 unspecified atom stereocenters. The first-order valence-electron chi connectivity index (χ1n) is 12.4. The first-order chi connectivity index (χ1) is 17.2. The highest BCUT2D eigenvalue weighted by atomic mass is 16.6. The third-order valence-corrected chi connectivity index (χ3v) is 8.39. The fraction of sp³-hybridized carbons (Fsp3) is 0.429. The van der Waals surface area contributed by atoms with Gasteiger partial charge in [0.25, 0.3) is 5.56 Å². The van der Waals surface area contributed by atoms with Crippen LogP contribution in [0, 0.1) is 13.8 Å². The first kappa shape index (κ1) is 22.9. The van der Waals surface area contributed by atoms with Crippen molar-refractivity contribution in [3.05, 3.63) is 61.4 Å². The van der Waals surface area contributed by atoms with E-state index in [-0.39, 0.29) is 24.1 Å². The van der Waals surface area contributed by atoms with E-state index in [9.17, 15) is 14.4 Å². The molecular weight excluding hydrogens is 458 g/mol. The van der Waals surface area contributed by atoms with Gasteiger partial charge in [-0.25, -0.2) is 9.78 Å². The van der Waals surface area contributed by atoms with Crippen molar-refractivity contribution in [2.45, 2.75) is 71.8 Å². The molecule has 2 aliphatic heterocycles. The average Bonchev–Trinajstić information content (AvgIpc) is 3.22. The Balaban J connectivity index is 1.68. The number of aryl methyl sites for hydroxylation is 2. The van der Waals surface area contributed by atoms with Gasteiger partial charge in [-0.2, -0.15) is 0 Å². The van der Waals surface area contributed by atoms with Crippen molar-refractivity contribution >= 4 is 22.8 Å². The summed E-state index contributed by atoms with van der Waals surface area (Å²) in [6.45, 7) is 7.90. The van der Waals surface area contributed by atoms with E-state index in [0.29, 0.717) is 29.8 Å². The van der Waals surface area contributed by atoms with Gasteiger partial charge in [0.1, 0.15) is 6.61 Å². The fourth-order valence-corrected chi connectivity index (χ4v) is 6.45. The average molecular weight is 488 g/mol. The maximum absolute atomic E-state index is 13.8. The molecule has 3 aliphatic rings. The van der Waals surface area contributed by atoms with Crippen molar-refractivity contribution in [2.24, 2.45) is 0 Å². The standard InChI is InChI=1S/C28H29N3O5/c1-6-28(35-5)19-10-22-25-17(11-31(22)26(33)18(19)12-36-27(28)34)24-20(29-15(4)32)8-7-16-14(3)13(2)9-21(30-25)23(16)24/h9-10,20H,6-8,11-12H2,1-5H3,(H,29,32). The molecular formula is C28H29N3O5. The van der Waals surface area contributed by atoms with Gasteiger partial charge < -0.3 is 19.4 Å². The van der Waals surface area contributed by atoms with Crippen molar-refractivity contribution < 1.29 is 19.1 Å². The van der Waals surface area contributed by atoms with E-state index in [4.69, 9.17) is 14.5 Å². The SMILES string of the molecule is CCC1(OC)C(=O)OCc2c1cc1n(c2=O)Cc2c-1nc1cc(C)c(C)c3c1c2C(NC(C)=O)CC3. The molecule has 1 amide bonds.